The molecule has 142 valence electrons. The van der Waals surface area contributed by atoms with Gasteiger partial charge in [0.25, 0.3) is 5.91 Å². The maximum absolute atomic E-state index is 12.4. The monoisotopic (exact) mass is 460 g/mol. The van der Waals surface area contributed by atoms with Crippen molar-refractivity contribution in [1.29, 1.82) is 0 Å². The number of nitrogens with one attached hydrogen (secondary N) is 1. The number of aromatic nitrogens is 2. The minimum absolute atomic E-state index is 0.0349. The van der Waals surface area contributed by atoms with E-state index in [0.717, 1.165) is 35.0 Å². The molecule has 0 unspecified atom stereocenters. The van der Waals surface area contributed by atoms with Crippen LogP contribution in [0.1, 0.15) is 41.6 Å². The summed E-state index contributed by atoms with van der Waals surface area (Å²) < 4.78 is 26.2. The number of hydrogen-bond donors (Lipinski definition) is 1. The van der Waals surface area contributed by atoms with Gasteiger partial charge in [0, 0.05) is 30.6 Å². The number of nitrogens with zero attached hydrogens (tertiary/aromatic N) is 3. The van der Waals surface area contributed by atoms with Gasteiger partial charge in [0.15, 0.2) is 0 Å². The molecule has 26 heavy (non-hydrogen) atoms. The number of carbonyl (C=O) groups excluding carboxylic acids is 1. The van der Waals surface area contributed by atoms with Gasteiger partial charge in [-0.1, -0.05) is 31.1 Å². The van der Waals surface area contributed by atoms with E-state index in [-0.39, 0.29) is 10.5 Å². The summed E-state index contributed by atoms with van der Waals surface area (Å²) in [5.41, 5.74) is 0.233. The van der Waals surface area contributed by atoms with Crippen molar-refractivity contribution in [1.82, 2.24) is 14.5 Å². The quantitative estimate of drug-likeness (QED) is 0.608. The number of unbranched alkanes of at least 4 members (excludes halogenated alkanes) is 2. The van der Waals surface area contributed by atoms with Gasteiger partial charge in [-0.2, -0.15) is 0 Å². The zero-order chi connectivity index (χ0) is 19.3. The van der Waals surface area contributed by atoms with E-state index in [2.05, 4.69) is 38.4 Å². The Labute approximate surface area is 166 Å². The van der Waals surface area contributed by atoms with Crippen LogP contribution in [0.3, 0.4) is 0 Å². The molecule has 1 N–H and O–H groups in total. The maximum Gasteiger partial charge on any atom is 0.257 e. The van der Waals surface area contributed by atoms with E-state index in [1.807, 2.05) is 0 Å². The lowest BCUT2D eigenvalue weighted by Gasteiger charge is -2.13. The van der Waals surface area contributed by atoms with Crippen LogP contribution < -0.4 is 5.32 Å². The first-order valence-electron chi connectivity index (χ1n) is 8.11. The summed E-state index contributed by atoms with van der Waals surface area (Å²) in [6.45, 7) is 2.13. The molecule has 0 aliphatic carbocycles. The lowest BCUT2D eigenvalue weighted by atomic mass is 10.2. The van der Waals surface area contributed by atoms with Crippen molar-refractivity contribution >= 4 is 48.3 Å². The van der Waals surface area contributed by atoms with Crippen LogP contribution in [0.25, 0.3) is 0 Å². The molecule has 0 bridgehead atoms. The minimum atomic E-state index is -3.66. The van der Waals surface area contributed by atoms with E-state index in [9.17, 15) is 13.2 Å². The van der Waals surface area contributed by atoms with E-state index >= 15 is 0 Å². The molecule has 0 saturated heterocycles. The largest absolute Gasteiger partial charge is 0.296 e. The molecule has 0 atom stereocenters. The van der Waals surface area contributed by atoms with Gasteiger partial charge in [0.05, 0.1) is 4.90 Å². The van der Waals surface area contributed by atoms with Crippen LogP contribution in [0.15, 0.2) is 27.6 Å². The summed E-state index contributed by atoms with van der Waals surface area (Å²) in [6.07, 6.45) is 4.13. The van der Waals surface area contributed by atoms with Crippen molar-refractivity contribution in [2.24, 2.45) is 0 Å². The highest BCUT2D eigenvalue weighted by molar-refractivity contribution is 9.10. The Bertz CT molecular complexity index is 881. The Morgan fingerprint density at radius 3 is 2.65 bits per heavy atom. The fourth-order valence-electron chi connectivity index (χ4n) is 2.14. The first-order valence-corrected chi connectivity index (χ1v) is 11.2. The summed E-state index contributed by atoms with van der Waals surface area (Å²) in [7, 11) is -0.783. The number of aryl methyl sites for hydroxylation is 1. The Kier molecular flexibility index (Phi) is 7.27. The second-order valence-corrected chi connectivity index (χ2v) is 9.88. The second-order valence-electron chi connectivity index (χ2n) is 5.84. The number of halogens is 1. The highest BCUT2D eigenvalue weighted by Gasteiger charge is 2.22. The Balaban J connectivity index is 2.15. The smallest absolute Gasteiger partial charge is 0.257 e. The molecule has 1 aromatic heterocycles. The summed E-state index contributed by atoms with van der Waals surface area (Å²) in [4.78, 5) is 12.5. The Morgan fingerprint density at radius 2 is 2.00 bits per heavy atom. The van der Waals surface area contributed by atoms with Crippen molar-refractivity contribution in [3.63, 3.8) is 0 Å². The predicted octanol–water partition coefficient (Wildman–Crippen LogP) is 3.54. The molecule has 7 nitrogen and oxygen atoms in total. The molecule has 10 heteroatoms. The number of amides is 1. The molecular weight excluding hydrogens is 440 g/mol. The Hall–Kier alpha value is -1.36. The molecule has 1 aromatic carbocycles. The third-order valence-corrected chi connectivity index (χ3v) is 7.34. The van der Waals surface area contributed by atoms with Crippen molar-refractivity contribution in [3.8, 4) is 0 Å². The topological polar surface area (TPSA) is 92.3 Å². The Morgan fingerprint density at radius 1 is 1.27 bits per heavy atom. The second kappa shape index (κ2) is 9.03. The molecule has 1 amide bonds. The first-order chi connectivity index (χ1) is 12.3. The van der Waals surface area contributed by atoms with Crippen LogP contribution >= 0.6 is 27.3 Å². The van der Waals surface area contributed by atoms with Crippen LogP contribution in [-0.4, -0.2) is 42.9 Å². The SMILES string of the molecule is CCCCCc1nnc(NC(=O)c2ccc(Br)c(S(=O)(=O)N(C)C)c2)s1. The van der Waals surface area contributed by atoms with Crippen LogP contribution in [0.4, 0.5) is 5.13 Å². The summed E-state index contributed by atoms with van der Waals surface area (Å²) in [5.74, 6) is -0.427. The van der Waals surface area contributed by atoms with Crippen molar-refractivity contribution in [3.05, 3.63) is 33.2 Å². The average molecular weight is 461 g/mol. The minimum Gasteiger partial charge on any atom is -0.296 e. The molecule has 0 spiro atoms. The highest BCUT2D eigenvalue weighted by Crippen LogP contribution is 2.26. The van der Waals surface area contributed by atoms with Gasteiger partial charge in [-0.25, -0.2) is 12.7 Å². The fraction of sp³-hybridized carbons (Fsp3) is 0.438. The zero-order valence-corrected chi connectivity index (χ0v) is 18.0. The number of hydrogen-bond acceptors (Lipinski definition) is 6. The van der Waals surface area contributed by atoms with Crippen LogP contribution in [-0.2, 0) is 16.4 Å². The third kappa shape index (κ3) is 5.09. The van der Waals surface area contributed by atoms with Crippen molar-refractivity contribution in [2.75, 3.05) is 19.4 Å². The molecule has 2 rings (SSSR count). The molecule has 0 aliphatic rings. The van der Waals surface area contributed by atoms with E-state index in [0.29, 0.717) is 9.60 Å². The molecular formula is C16H21BrN4O3S2. The van der Waals surface area contributed by atoms with Crippen LogP contribution in [0.2, 0.25) is 0 Å². The van der Waals surface area contributed by atoms with Gasteiger partial charge in [-0.3, -0.25) is 10.1 Å². The van der Waals surface area contributed by atoms with Gasteiger partial charge < -0.3 is 0 Å². The van der Waals surface area contributed by atoms with E-state index in [1.165, 1.54) is 31.5 Å². The number of rotatable bonds is 8. The van der Waals surface area contributed by atoms with Gasteiger partial charge in [-0.15, -0.1) is 10.2 Å². The van der Waals surface area contributed by atoms with Gasteiger partial charge in [0.1, 0.15) is 5.01 Å². The van der Waals surface area contributed by atoms with Gasteiger partial charge in [-0.05, 0) is 40.5 Å². The van der Waals surface area contributed by atoms with Crippen LogP contribution in [0.5, 0.6) is 0 Å². The van der Waals surface area contributed by atoms with Crippen molar-refractivity contribution < 1.29 is 13.2 Å². The normalized spacial score (nSPS) is 11.7. The number of benzene rings is 1. The number of carbonyl (C=O) groups is 1. The first kappa shape index (κ1) is 20.9. The lowest BCUT2D eigenvalue weighted by molar-refractivity contribution is 0.102. The van der Waals surface area contributed by atoms with E-state index in [1.54, 1.807) is 12.1 Å². The zero-order valence-electron chi connectivity index (χ0n) is 14.8. The van der Waals surface area contributed by atoms with Crippen LogP contribution in [0, 0.1) is 0 Å². The maximum atomic E-state index is 12.4. The third-order valence-electron chi connectivity index (χ3n) is 3.63. The van der Waals surface area contributed by atoms with E-state index < -0.39 is 15.9 Å². The van der Waals surface area contributed by atoms with Gasteiger partial charge in [0.2, 0.25) is 15.2 Å². The standard InChI is InChI=1S/C16H21BrN4O3S2/c1-4-5-6-7-14-19-20-16(25-14)18-15(22)11-8-9-12(17)13(10-11)26(23,24)21(2)3/h8-10H,4-7H2,1-3H3,(H,18,20,22). The average Bonchev–Trinajstić information content (AvgIpc) is 3.02. The van der Waals surface area contributed by atoms with Crippen molar-refractivity contribution in [2.45, 2.75) is 37.5 Å². The molecule has 0 fully saturated rings. The molecule has 1 heterocycles. The van der Waals surface area contributed by atoms with E-state index in [4.69, 9.17) is 0 Å². The molecule has 0 radical (unpaired) electrons. The molecule has 0 aliphatic heterocycles. The van der Waals surface area contributed by atoms with Gasteiger partial charge >= 0.3 is 0 Å². The highest BCUT2D eigenvalue weighted by atomic mass is 79.9. The number of anilines is 1. The number of sulfonamides is 1. The predicted molar refractivity (Wildman–Crippen MR) is 106 cm³/mol. The molecule has 0 saturated carbocycles. The summed E-state index contributed by atoms with van der Waals surface area (Å²) >= 11 is 4.56. The fourth-order valence-corrected chi connectivity index (χ4v) is 4.76. The summed E-state index contributed by atoms with van der Waals surface area (Å²) in [6, 6.07) is 4.44. The summed E-state index contributed by atoms with van der Waals surface area (Å²) in [5, 5.41) is 12.0. The molecule has 2 aromatic rings. The lowest BCUT2D eigenvalue weighted by Crippen LogP contribution is -2.23.